The van der Waals surface area contributed by atoms with Gasteiger partial charge in [0.05, 0.1) is 19.6 Å². The smallest absolute Gasteiger partial charge is 0.308 e. The molecule has 0 aromatic carbocycles. The van der Waals surface area contributed by atoms with Gasteiger partial charge in [0, 0.05) is 6.04 Å². The lowest BCUT2D eigenvalue weighted by molar-refractivity contribution is -0.156. The van der Waals surface area contributed by atoms with Crippen LogP contribution in [0.25, 0.3) is 0 Å². The first-order valence-electron chi connectivity index (χ1n) is 6.00. The summed E-state index contributed by atoms with van der Waals surface area (Å²) in [5.41, 5.74) is -0.399. The van der Waals surface area contributed by atoms with Gasteiger partial charge in [-0.15, -0.1) is 0 Å². The van der Waals surface area contributed by atoms with Crippen LogP contribution in [0.3, 0.4) is 0 Å². The van der Waals surface area contributed by atoms with Gasteiger partial charge in [-0.25, -0.2) is 0 Å². The molecule has 16 heavy (non-hydrogen) atoms. The molecule has 0 amide bonds. The number of hydrogen-bond acceptors (Lipinski definition) is 4. The third kappa shape index (κ3) is 6.08. The summed E-state index contributed by atoms with van der Waals surface area (Å²) in [6.45, 7) is 7.84. The summed E-state index contributed by atoms with van der Waals surface area (Å²) in [6.07, 6.45) is 2.73. The van der Waals surface area contributed by atoms with Crippen LogP contribution in [0.2, 0.25) is 0 Å². The van der Waals surface area contributed by atoms with Crippen LogP contribution in [0.15, 0.2) is 0 Å². The molecule has 0 saturated carbocycles. The second kappa shape index (κ2) is 6.21. The summed E-state index contributed by atoms with van der Waals surface area (Å²) in [5.74, 6) is -0.188. The highest BCUT2D eigenvalue weighted by Gasteiger charge is 2.17. The van der Waals surface area contributed by atoms with Crippen LogP contribution >= 0.6 is 0 Å². The van der Waals surface area contributed by atoms with Crippen molar-refractivity contribution in [1.29, 1.82) is 0 Å². The zero-order valence-electron chi connectivity index (χ0n) is 10.5. The molecule has 1 heterocycles. The van der Waals surface area contributed by atoms with Crippen LogP contribution in [-0.4, -0.2) is 37.4 Å². The number of nitrogens with one attached hydrogen (secondary N) is 1. The Labute approximate surface area is 97.7 Å². The highest BCUT2D eigenvalue weighted by atomic mass is 16.6. The van der Waals surface area contributed by atoms with Crippen molar-refractivity contribution >= 4 is 5.97 Å². The van der Waals surface area contributed by atoms with Crippen LogP contribution in [0.1, 0.15) is 40.0 Å². The molecule has 0 aromatic heterocycles. The average molecular weight is 229 g/mol. The fourth-order valence-electron chi connectivity index (χ4n) is 1.67. The summed E-state index contributed by atoms with van der Waals surface area (Å²) in [4.78, 5) is 11.3. The molecule has 0 aliphatic carbocycles. The summed E-state index contributed by atoms with van der Waals surface area (Å²) < 4.78 is 10.6. The Morgan fingerprint density at radius 3 is 2.75 bits per heavy atom. The van der Waals surface area contributed by atoms with E-state index in [-0.39, 0.29) is 5.97 Å². The van der Waals surface area contributed by atoms with E-state index in [9.17, 15) is 4.79 Å². The van der Waals surface area contributed by atoms with Gasteiger partial charge in [-0.3, -0.25) is 4.79 Å². The van der Waals surface area contributed by atoms with E-state index in [1.54, 1.807) is 0 Å². The maximum Gasteiger partial charge on any atom is 0.308 e. The fraction of sp³-hybridized carbons (Fsp3) is 0.917. The van der Waals surface area contributed by atoms with Crippen LogP contribution in [0, 0.1) is 0 Å². The molecule has 1 aliphatic heterocycles. The van der Waals surface area contributed by atoms with Crippen molar-refractivity contribution in [2.45, 2.75) is 51.7 Å². The largest absolute Gasteiger partial charge is 0.460 e. The summed E-state index contributed by atoms with van der Waals surface area (Å²) in [7, 11) is 0. The van der Waals surface area contributed by atoms with Crippen molar-refractivity contribution in [1.82, 2.24) is 5.32 Å². The van der Waals surface area contributed by atoms with Gasteiger partial charge in [-0.1, -0.05) is 0 Å². The second-order valence-corrected chi connectivity index (χ2v) is 5.20. The minimum atomic E-state index is -0.399. The average Bonchev–Trinajstić information content (AvgIpc) is 2.62. The maximum absolute atomic E-state index is 11.3. The Morgan fingerprint density at radius 2 is 2.19 bits per heavy atom. The number of ether oxygens (including phenoxy) is 2. The predicted octanol–water partition coefficient (Wildman–Crippen LogP) is 1.49. The monoisotopic (exact) mass is 229 g/mol. The van der Waals surface area contributed by atoms with Gasteiger partial charge in [0.25, 0.3) is 0 Å². The first kappa shape index (κ1) is 13.5. The number of carbonyl (C=O) groups excluding carboxylic acids is 1. The lowest BCUT2D eigenvalue weighted by atomic mass is 10.2. The number of hydrogen-bond donors (Lipinski definition) is 1. The Hall–Kier alpha value is -0.610. The van der Waals surface area contributed by atoms with Crippen molar-refractivity contribution in [3.63, 3.8) is 0 Å². The van der Waals surface area contributed by atoms with E-state index in [1.165, 1.54) is 12.8 Å². The van der Waals surface area contributed by atoms with E-state index in [4.69, 9.17) is 9.47 Å². The maximum atomic E-state index is 11.3. The second-order valence-electron chi connectivity index (χ2n) is 5.20. The van der Waals surface area contributed by atoms with Gasteiger partial charge >= 0.3 is 5.97 Å². The normalized spacial score (nSPS) is 21.1. The molecule has 0 radical (unpaired) electrons. The molecule has 0 aromatic rings. The fourth-order valence-corrected chi connectivity index (χ4v) is 1.67. The van der Waals surface area contributed by atoms with Crippen molar-refractivity contribution in [2.24, 2.45) is 0 Å². The minimum absolute atomic E-state index is 0.188. The zero-order chi connectivity index (χ0) is 12.0. The first-order valence-corrected chi connectivity index (χ1v) is 6.00. The summed E-state index contributed by atoms with van der Waals surface area (Å²) in [6, 6.07) is 0.471. The van der Waals surface area contributed by atoms with Crippen molar-refractivity contribution in [3.05, 3.63) is 0 Å². The van der Waals surface area contributed by atoms with Gasteiger partial charge in [-0.05, 0) is 40.2 Å². The Morgan fingerprint density at radius 1 is 1.44 bits per heavy atom. The summed E-state index contributed by atoms with van der Waals surface area (Å²) in [5, 5.41) is 3.34. The molecule has 0 spiro atoms. The van der Waals surface area contributed by atoms with Gasteiger partial charge in [0.1, 0.15) is 5.60 Å². The highest BCUT2D eigenvalue weighted by molar-refractivity contribution is 5.69. The van der Waals surface area contributed by atoms with Gasteiger partial charge in [0.2, 0.25) is 0 Å². The molecule has 1 N–H and O–H groups in total. The van der Waals surface area contributed by atoms with Gasteiger partial charge < -0.3 is 14.8 Å². The van der Waals surface area contributed by atoms with E-state index in [0.29, 0.717) is 25.7 Å². The topological polar surface area (TPSA) is 47.6 Å². The van der Waals surface area contributed by atoms with E-state index < -0.39 is 5.60 Å². The standard InChI is InChI=1S/C12H23NO3/c1-12(2,3)16-11(14)6-8-15-9-10-5-4-7-13-10/h10,13H,4-9H2,1-3H3/t10-/m0/s1. The zero-order valence-corrected chi connectivity index (χ0v) is 10.5. The van der Waals surface area contributed by atoms with Gasteiger partial charge in [0.15, 0.2) is 0 Å². The molecule has 1 aliphatic rings. The Balaban J connectivity index is 2.00. The number of esters is 1. The molecule has 0 bridgehead atoms. The predicted molar refractivity (Wildman–Crippen MR) is 62.3 cm³/mol. The molecule has 1 rings (SSSR count). The lowest BCUT2D eigenvalue weighted by Crippen LogP contribution is -2.28. The van der Waals surface area contributed by atoms with Crippen LogP contribution in [0.5, 0.6) is 0 Å². The first-order chi connectivity index (χ1) is 7.47. The van der Waals surface area contributed by atoms with E-state index in [2.05, 4.69) is 5.32 Å². The Bertz CT molecular complexity index is 217. The molecule has 94 valence electrons. The van der Waals surface area contributed by atoms with Crippen molar-refractivity contribution in [3.8, 4) is 0 Å². The molecule has 1 fully saturated rings. The third-order valence-electron chi connectivity index (χ3n) is 2.35. The molecular weight excluding hydrogens is 206 g/mol. The van der Waals surface area contributed by atoms with Gasteiger partial charge in [-0.2, -0.15) is 0 Å². The van der Waals surface area contributed by atoms with E-state index in [1.807, 2.05) is 20.8 Å². The van der Waals surface area contributed by atoms with Crippen molar-refractivity contribution < 1.29 is 14.3 Å². The lowest BCUT2D eigenvalue weighted by Gasteiger charge is -2.19. The van der Waals surface area contributed by atoms with E-state index in [0.717, 1.165) is 6.54 Å². The third-order valence-corrected chi connectivity index (χ3v) is 2.35. The van der Waals surface area contributed by atoms with E-state index >= 15 is 0 Å². The van der Waals surface area contributed by atoms with Crippen LogP contribution in [0.4, 0.5) is 0 Å². The van der Waals surface area contributed by atoms with Crippen LogP contribution in [-0.2, 0) is 14.3 Å². The highest BCUT2D eigenvalue weighted by Crippen LogP contribution is 2.08. The molecule has 0 unspecified atom stereocenters. The molecule has 1 saturated heterocycles. The van der Waals surface area contributed by atoms with Crippen LogP contribution < -0.4 is 5.32 Å². The molecule has 1 atom stereocenters. The molecule has 4 nitrogen and oxygen atoms in total. The number of carbonyl (C=O) groups is 1. The quantitative estimate of drug-likeness (QED) is 0.573. The molecular formula is C12H23NO3. The van der Waals surface area contributed by atoms with Crippen molar-refractivity contribution in [2.75, 3.05) is 19.8 Å². The minimum Gasteiger partial charge on any atom is -0.460 e. The summed E-state index contributed by atoms with van der Waals surface area (Å²) >= 11 is 0. The number of rotatable bonds is 5. The molecule has 4 heteroatoms. The SMILES string of the molecule is CC(C)(C)OC(=O)CCOC[C@@H]1CCCN1. The Kier molecular flexibility index (Phi) is 5.22.